The summed E-state index contributed by atoms with van der Waals surface area (Å²) in [5, 5.41) is 24.0. The van der Waals surface area contributed by atoms with Crippen molar-refractivity contribution in [3.63, 3.8) is 0 Å². The van der Waals surface area contributed by atoms with E-state index in [1.165, 1.54) is 23.8 Å². The predicted molar refractivity (Wildman–Crippen MR) is 173 cm³/mol. The Kier molecular flexibility index (Phi) is 8.39. The molecular weight excluding hydrogens is 660 g/mol. The zero-order valence-corrected chi connectivity index (χ0v) is 26.8. The lowest BCUT2D eigenvalue weighted by molar-refractivity contribution is -0.687. The van der Waals surface area contributed by atoms with Gasteiger partial charge in [0.15, 0.2) is 35.6 Å². The molecule has 0 spiro atoms. The first-order valence-corrected chi connectivity index (χ1v) is 16.5. The van der Waals surface area contributed by atoms with Crippen LogP contribution in [0.5, 0.6) is 0 Å². The topological polar surface area (TPSA) is 194 Å². The summed E-state index contributed by atoms with van der Waals surface area (Å²) in [7, 11) is 1.28. The minimum Gasteiger partial charge on any atom is -0.477 e. The molecule has 1 saturated heterocycles. The highest BCUT2D eigenvalue weighted by atomic mass is 35.5. The summed E-state index contributed by atoms with van der Waals surface area (Å²) in [6.07, 6.45) is 5.58. The van der Waals surface area contributed by atoms with Crippen molar-refractivity contribution in [1.82, 2.24) is 14.5 Å². The number of nitrogens with two attached hydrogens (primary N) is 2. The first-order valence-electron chi connectivity index (χ1n) is 13.4. The number of fused-ring (bicyclic) bond motifs is 2. The second-order valence-corrected chi connectivity index (χ2v) is 14.0. The zero-order chi connectivity index (χ0) is 32.0. The van der Waals surface area contributed by atoms with E-state index in [0.29, 0.717) is 23.4 Å². The van der Waals surface area contributed by atoms with Gasteiger partial charge in [-0.1, -0.05) is 28.1 Å². The molecule has 0 aliphatic carbocycles. The molecule has 6 rings (SSSR count). The van der Waals surface area contributed by atoms with Crippen LogP contribution in [0.15, 0.2) is 58.6 Å². The number of carbonyl (C=O) groups is 3. The fraction of sp³-hybridized carbons (Fsp3) is 0.250. The lowest BCUT2D eigenvalue weighted by Crippen LogP contribution is -2.62. The maximum atomic E-state index is 13.3. The van der Waals surface area contributed by atoms with Crippen molar-refractivity contribution in [1.29, 1.82) is 5.41 Å². The Balaban J connectivity index is 1.18. The minimum atomic E-state index is -1.20. The van der Waals surface area contributed by atoms with Crippen LogP contribution in [0.25, 0.3) is 10.9 Å². The molecule has 2 atom stereocenters. The lowest BCUT2D eigenvalue weighted by atomic mass is 9.89. The fourth-order valence-corrected chi connectivity index (χ4v) is 8.65. The normalized spacial score (nSPS) is 18.2. The van der Waals surface area contributed by atoms with E-state index < -0.39 is 29.0 Å². The number of anilines is 1. The van der Waals surface area contributed by atoms with Crippen LogP contribution in [0.4, 0.5) is 5.13 Å². The molecule has 2 aliphatic heterocycles. The fourth-order valence-electron chi connectivity index (χ4n) is 5.44. The van der Waals surface area contributed by atoms with Gasteiger partial charge in [-0.25, -0.2) is 14.3 Å². The number of aliphatic carboxylic acids is 1. The molecule has 4 aromatic heterocycles. The van der Waals surface area contributed by atoms with E-state index in [9.17, 15) is 19.5 Å². The molecule has 45 heavy (non-hydrogen) atoms. The molecule has 232 valence electrons. The second-order valence-electron chi connectivity index (χ2n) is 10.3. The number of hydrogen-bond donors (Lipinski definition) is 4. The van der Waals surface area contributed by atoms with E-state index in [2.05, 4.69) is 14.7 Å². The van der Waals surface area contributed by atoms with Crippen LogP contribution in [0, 0.1) is 11.3 Å². The first kappa shape index (κ1) is 30.8. The number of thiophene rings is 1. The van der Waals surface area contributed by atoms with Gasteiger partial charge in [0.25, 0.3) is 0 Å². The van der Waals surface area contributed by atoms with Gasteiger partial charge in [0.1, 0.15) is 28.7 Å². The number of carboxylic acids is 1. The molecule has 1 amide bonds. The molecule has 0 bridgehead atoms. The van der Waals surface area contributed by atoms with Crippen molar-refractivity contribution in [3.8, 4) is 0 Å². The Morgan fingerprint density at radius 2 is 2.16 bits per heavy atom. The van der Waals surface area contributed by atoms with Crippen molar-refractivity contribution in [2.75, 3.05) is 18.6 Å². The van der Waals surface area contributed by atoms with Gasteiger partial charge >= 0.3 is 5.97 Å². The van der Waals surface area contributed by atoms with Crippen LogP contribution in [-0.2, 0) is 32.3 Å². The van der Waals surface area contributed by atoms with E-state index >= 15 is 0 Å². The highest BCUT2D eigenvalue weighted by Gasteiger charge is 2.54. The van der Waals surface area contributed by atoms with Gasteiger partial charge in [-0.2, -0.15) is 0 Å². The number of nitrogens with zero attached hydrogens (tertiary/aromatic N) is 5. The summed E-state index contributed by atoms with van der Waals surface area (Å²) in [4.78, 5) is 50.2. The number of nitrogen functional groups attached to an aromatic ring is 2. The number of carboxylic acid groups (broad SMARTS) is 1. The van der Waals surface area contributed by atoms with Crippen molar-refractivity contribution in [2.24, 2.45) is 16.8 Å². The summed E-state index contributed by atoms with van der Waals surface area (Å²) in [6, 6.07) is 5.86. The average Bonchev–Trinajstić information content (AvgIpc) is 3.72. The van der Waals surface area contributed by atoms with E-state index in [0.717, 1.165) is 27.1 Å². The number of carbonyl (C=O) groups excluding carboxylic acids is 2. The SMILES string of the molecule is CO/N=C(\C(=O)C[C@@H]1C(=O)N2C(C(=O)O)=C(C[n+]3ccc4c(ccn4Cc4cc(C(=N)N)cs4)c3)CS[C@H]12)c1nc(N)sc1Cl. The van der Waals surface area contributed by atoms with Gasteiger partial charge in [0.2, 0.25) is 5.91 Å². The first-order chi connectivity index (χ1) is 21.5. The maximum Gasteiger partial charge on any atom is 0.352 e. The molecule has 0 unspecified atom stereocenters. The zero-order valence-electron chi connectivity index (χ0n) is 23.6. The van der Waals surface area contributed by atoms with Crippen molar-refractivity contribution < 1.29 is 28.9 Å². The van der Waals surface area contributed by atoms with Crippen LogP contribution < -0.4 is 16.0 Å². The number of hydrogen-bond acceptors (Lipinski definition) is 11. The van der Waals surface area contributed by atoms with Crippen molar-refractivity contribution >= 4 is 91.3 Å². The van der Waals surface area contributed by atoms with Gasteiger partial charge in [-0.05, 0) is 12.1 Å². The quantitative estimate of drug-likeness (QED) is 0.0604. The van der Waals surface area contributed by atoms with E-state index in [1.54, 1.807) is 11.3 Å². The molecule has 0 aromatic carbocycles. The van der Waals surface area contributed by atoms with Crippen molar-refractivity contribution in [2.45, 2.75) is 24.9 Å². The molecule has 1 fully saturated rings. The molecule has 0 saturated carbocycles. The number of aromatic nitrogens is 3. The largest absolute Gasteiger partial charge is 0.477 e. The number of rotatable bonds is 11. The average molecular weight is 686 g/mol. The number of nitrogens with one attached hydrogen (secondary N) is 1. The van der Waals surface area contributed by atoms with Gasteiger partial charge in [-0.3, -0.25) is 19.9 Å². The Morgan fingerprint density at radius 3 is 2.82 bits per heavy atom. The number of thioether (sulfide) groups is 1. The molecule has 6 N–H and O–H groups in total. The second kappa shape index (κ2) is 12.3. The third-order valence-corrected chi connectivity index (χ3v) is 10.9. The van der Waals surface area contributed by atoms with Crippen LogP contribution in [0.2, 0.25) is 4.34 Å². The molecule has 6 heterocycles. The Bertz CT molecular complexity index is 1950. The Morgan fingerprint density at radius 1 is 1.36 bits per heavy atom. The number of oxime groups is 1. The highest BCUT2D eigenvalue weighted by Crippen LogP contribution is 2.45. The molecule has 13 nitrogen and oxygen atoms in total. The molecule has 2 aliphatic rings. The van der Waals surface area contributed by atoms with Crippen LogP contribution in [0.1, 0.15) is 22.6 Å². The Hall–Kier alpha value is -4.25. The summed E-state index contributed by atoms with van der Waals surface area (Å²) < 4.78 is 4.16. The smallest absolute Gasteiger partial charge is 0.352 e. The maximum absolute atomic E-state index is 13.3. The molecule has 4 aromatic rings. The lowest BCUT2D eigenvalue weighted by Gasteiger charge is -2.49. The van der Waals surface area contributed by atoms with Gasteiger partial charge in [-0.15, -0.1) is 23.1 Å². The monoisotopic (exact) mass is 685 g/mol. The third-order valence-electron chi connectivity index (χ3n) is 7.47. The Labute approximate surface area is 273 Å². The summed E-state index contributed by atoms with van der Waals surface area (Å²) in [5.41, 5.74) is 13.5. The predicted octanol–water partition coefficient (Wildman–Crippen LogP) is 2.89. The van der Waals surface area contributed by atoms with Crippen LogP contribution in [-0.4, -0.2) is 67.0 Å². The van der Waals surface area contributed by atoms with Gasteiger partial charge in [0, 0.05) is 45.8 Å². The standard InChI is InChI=1S/C28H25ClN8O5S3/c1-42-34-20(21-23(29)45-28(32)33-21)19(38)7-17-25(39)37-22(27(40)41)15(12-44-26(17)37)9-35-4-3-18-13(8-35)2-5-36(18)10-16-6-14(11-43-16)24(30)31/h2-6,8,11,17,26H,7,9-10,12H2,1H3,(H5-,30,31,32,33,40,41)/p+1/b34-20+/t17-,26-/m1/s1. The minimum absolute atomic E-state index is 0.0377. The van der Waals surface area contributed by atoms with Gasteiger partial charge in [0.05, 0.1) is 28.7 Å². The molecule has 0 radical (unpaired) electrons. The van der Waals surface area contributed by atoms with Crippen molar-refractivity contribution in [3.05, 3.63) is 73.9 Å². The number of thiazole rings is 1. The number of amides is 1. The van der Waals surface area contributed by atoms with Gasteiger partial charge < -0.3 is 26.0 Å². The van der Waals surface area contributed by atoms with E-state index in [4.69, 9.17) is 33.3 Å². The summed E-state index contributed by atoms with van der Waals surface area (Å²) in [6.45, 7) is 0.902. The van der Waals surface area contributed by atoms with E-state index in [1.807, 2.05) is 46.7 Å². The highest BCUT2D eigenvalue weighted by molar-refractivity contribution is 8.00. The number of ketones is 1. The molecule has 17 heteroatoms. The summed E-state index contributed by atoms with van der Waals surface area (Å²) >= 11 is 10.1. The number of amidine groups is 1. The number of halogens is 1. The number of pyridine rings is 1. The number of β-lactam (4-membered cyclic amide) rings is 1. The summed E-state index contributed by atoms with van der Waals surface area (Å²) in [5.74, 6) is -2.49. The number of Topliss-reactive ketones (excluding diaryl/α,β-unsaturated/α-hetero) is 1. The third kappa shape index (κ3) is 5.81. The van der Waals surface area contributed by atoms with Crippen LogP contribution in [0.3, 0.4) is 0 Å². The van der Waals surface area contributed by atoms with Crippen LogP contribution >= 0.6 is 46.0 Å². The van der Waals surface area contributed by atoms with E-state index in [-0.39, 0.29) is 45.4 Å². The molecular formula is C28H26ClN8O5S3+.